The van der Waals surface area contributed by atoms with Crippen molar-refractivity contribution in [2.24, 2.45) is 0 Å². The van der Waals surface area contributed by atoms with Crippen molar-refractivity contribution < 1.29 is 0 Å². The summed E-state index contributed by atoms with van der Waals surface area (Å²) in [5.74, 6) is 47.5. The van der Waals surface area contributed by atoms with Crippen LogP contribution in [-0.2, 0) is 0 Å². The normalized spacial score (nSPS) is 10.2. The van der Waals surface area contributed by atoms with Crippen molar-refractivity contribution in [2.45, 2.75) is 213 Å². The van der Waals surface area contributed by atoms with E-state index < -0.39 is 16.1 Å². The lowest BCUT2D eigenvalue weighted by Crippen LogP contribution is -2.43. The first-order valence-corrected chi connectivity index (χ1v) is 27.9. The third-order valence-corrected chi connectivity index (χ3v) is 24.5. The van der Waals surface area contributed by atoms with Crippen LogP contribution in [0.2, 0.25) is 33.2 Å². The van der Waals surface area contributed by atoms with E-state index in [0.29, 0.717) is 33.2 Å². The minimum atomic E-state index is -1.90. The van der Waals surface area contributed by atoms with Crippen molar-refractivity contribution in [2.75, 3.05) is 0 Å². The van der Waals surface area contributed by atoms with Gasteiger partial charge in [0.2, 0.25) is 0 Å². The molecule has 0 aliphatic rings. The molecule has 0 saturated carbocycles. The van der Waals surface area contributed by atoms with Crippen LogP contribution in [0.1, 0.15) is 180 Å². The number of allylic oxidation sites excluding steroid dienone is 14. The summed E-state index contributed by atoms with van der Waals surface area (Å²) in [5, 5.41) is 0. The molecule has 0 bridgehead atoms. The molecule has 0 unspecified atom stereocenters. The second-order valence-corrected chi connectivity index (χ2v) is 31.6. The van der Waals surface area contributed by atoms with Crippen molar-refractivity contribution in [1.82, 2.24) is 0 Å². The molecule has 0 radical (unpaired) electrons. The maximum atomic E-state index is 3.85. The third-order valence-electron chi connectivity index (χ3n) is 11.9. The number of hydrogen-bond acceptors (Lipinski definition) is 0. The smallest absolute Gasteiger partial charge is 0.124 e. The van der Waals surface area contributed by atoms with E-state index in [1.54, 1.807) is 0 Å². The number of hydrogen-bond donors (Lipinski definition) is 0. The highest BCUT2D eigenvalue weighted by atomic mass is 28.3. The molecule has 340 valence electrons. The predicted molar refractivity (Wildman–Crippen MR) is 293 cm³/mol. The summed E-state index contributed by atoms with van der Waals surface area (Å²) in [4.78, 5) is 0. The molecule has 0 atom stereocenters. The van der Waals surface area contributed by atoms with Crippen LogP contribution in [0.5, 0.6) is 0 Å². The van der Waals surface area contributed by atoms with Gasteiger partial charge in [-0.3, -0.25) is 0 Å². The lowest BCUT2D eigenvalue weighted by atomic mass is 10.1. The minimum Gasteiger partial charge on any atom is -0.124 e. The fourth-order valence-electron chi connectivity index (χ4n) is 7.93. The Morgan fingerprint density at radius 2 is 0.312 bits per heavy atom. The van der Waals surface area contributed by atoms with Crippen LogP contribution in [0.3, 0.4) is 0 Å². The predicted octanol–water partition coefficient (Wildman–Crippen LogP) is 16.8. The Labute approximate surface area is 399 Å². The van der Waals surface area contributed by atoms with Crippen LogP contribution in [0.15, 0.2) is 78.0 Å². The summed E-state index contributed by atoms with van der Waals surface area (Å²) in [6, 6.07) is 0. The van der Waals surface area contributed by atoms with Crippen molar-refractivity contribution in [1.29, 1.82) is 0 Å². The van der Waals surface area contributed by atoms with Crippen molar-refractivity contribution in [3.05, 3.63) is 78.0 Å². The quantitative estimate of drug-likeness (QED) is 0.184. The largest absolute Gasteiger partial charge is 0.146 e. The molecule has 2 heteroatoms. The van der Waals surface area contributed by atoms with Crippen LogP contribution in [-0.4, -0.2) is 16.1 Å². The molecule has 0 heterocycles. The van der Waals surface area contributed by atoms with Gasteiger partial charge in [0.15, 0.2) is 0 Å². The summed E-state index contributed by atoms with van der Waals surface area (Å²) in [6.45, 7) is 56.9. The first-order valence-electron chi connectivity index (χ1n) is 23.4. The molecule has 0 aromatic carbocycles. The highest BCUT2D eigenvalue weighted by Crippen LogP contribution is 2.42. The van der Waals surface area contributed by atoms with Gasteiger partial charge < -0.3 is 0 Å². The molecule has 0 rings (SSSR count). The molecule has 0 fully saturated rings. The Balaban J connectivity index is 7.16. The van der Waals surface area contributed by atoms with Gasteiger partial charge >= 0.3 is 0 Å². The average molecular weight is 886 g/mol. The lowest BCUT2D eigenvalue weighted by Gasteiger charge is -2.38. The highest BCUT2D eigenvalue weighted by Gasteiger charge is 2.42. The summed E-state index contributed by atoms with van der Waals surface area (Å²) in [5.41, 5.74) is 24.1. The average Bonchev–Trinajstić information content (AvgIpc) is 3.15. The van der Waals surface area contributed by atoms with E-state index in [1.165, 1.54) is 0 Å². The SMILES string of the molecule is CC(C)=C(C#CC(C#CC(C#CC(C#C[Si](C(C)C)(C(C)C)C(C)C)=C(C)C)=C(C)C)=C(C)C)C#CC(C#CC(C#CC(C#C[Si](C(C)C)(C(C)C)C(C)C)=C(C)C)=C(C)C)=C(C)C. The standard InChI is InChI=1S/C62H84Si2/c1-43(2)56(27-29-57(44(3)4)31-33-59(46(7)8)35-37-61(48(11)12)39-41-63(50(15)16,51(17)18)52(19)20)28-30-58(45(5)6)32-34-60(47(9)10)36-38-62(49(13)14)40-42-64(53(21)22,54(23)24)55(25)26/h50-55H,1-26H3. The maximum Gasteiger partial charge on any atom is 0.146 e. The van der Waals surface area contributed by atoms with Gasteiger partial charge in [0, 0.05) is 0 Å². The van der Waals surface area contributed by atoms with E-state index in [1.807, 2.05) is 41.5 Å². The van der Waals surface area contributed by atoms with Gasteiger partial charge in [-0.25, -0.2) is 0 Å². The zero-order valence-corrected chi connectivity index (χ0v) is 47.5. The maximum absolute atomic E-state index is 3.85. The Morgan fingerprint density at radius 3 is 0.406 bits per heavy atom. The summed E-state index contributed by atoms with van der Waals surface area (Å²) < 4.78 is 0. The van der Waals surface area contributed by atoms with Crippen LogP contribution in [0, 0.1) is 94.0 Å². The van der Waals surface area contributed by atoms with Gasteiger partial charge in [0.05, 0.1) is 39.0 Å². The Kier molecular flexibility index (Phi) is 25.3. The van der Waals surface area contributed by atoms with Crippen molar-refractivity contribution >= 4 is 16.1 Å². The molecule has 0 aromatic rings. The zero-order chi connectivity index (χ0) is 49.9. The van der Waals surface area contributed by atoms with E-state index in [9.17, 15) is 0 Å². The van der Waals surface area contributed by atoms with Crippen LogP contribution in [0.25, 0.3) is 0 Å². The van der Waals surface area contributed by atoms with E-state index in [0.717, 1.165) is 78.0 Å². The molecule has 0 nitrogen and oxygen atoms in total. The lowest BCUT2D eigenvalue weighted by molar-refractivity contribution is 0.838. The fraction of sp³-hybridized carbons (Fsp3) is 0.516. The van der Waals surface area contributed by atoms with Crippen LogP contribution < -0.4 is 0 Å². The van der Waals surface area contributed by atoms with Gasteiger partial charge in [0.25, 0.3) is 0 Å². The highest BCUT2D eigenvalue weighted by molar-refractivity contribution is 6.91. The van der Waals surface area contributed by atoms with Crippen LogP contribution in [0.4, 0.5) is 0 Å². The van der Waals surface area contributed by atoms with E-state index in [-0.39, 0.29) is 0 Å². The molecular weight excluding hydrogens is 801 g/mol. The summed E-state index contributed by atoms with van der Waals surface area (Å²) >= 11 is 0. The Morgan fingerprint density at radius 1 is 0.203 bits per heavy atom. The molecule has 64 heavy (non-hydrogen) atoms. The van der Waals surface area contributed by atoms with Crippen LogP contribution >= 0.6 is 0 Å². The molecule has 0 aliphatic carbocycles. The van der Waals surface area contributed by atoms with Gasteiger partial charge in [0.1, 0.15) is 16.1 Å². The molecular formula is C62H84Si2. The zero-order valence-electron chi connectivity index (χ0n) is 45.5. The first kappa shape index (κ1) is 59.1. The van der Waals surface area contributed by atoms with Gasteiger partial charge in [-0.05, 0) is 130 Å². The Hall–Kier alpha value is -4.91. The molecule has 0 amide bonds. The Bertz CT molecular complexity index is 2260. The summed E-state index contributed by atoms with van der Waals surface area (Å²) in [7, 11) is -3.80. The molecule has 0 aromatic heterocycles. The van der Waals surface area contributed by atoms with Gasteiger partial charge in [-0.15, -0.1) is 11.1 Å². The number of rotatable bonds is 6. The second-order valence-electron chi connectivity index (χ2n) is 20.4. The van der Waals surface area contributed by atoms with E-state index >= 15 is 0 Å². The van der Waals surface area contributed by atoms with Gasteiger partial charge in [-0.2, -0.15) is 0 Å². The minimum absolute atomic E-state index is 0.556. The topological polar surface area (TPSA) is 0 Å². The summed E-state index contributed by atoms with van der Waals surface area (Å²) in [6.07, 6.45) is 0. The third kappa shape index (κ3) is 17.6. The second kappa shape index (κ2) is 27.4. The van der Waals surface area contributed by atoms with Gasteiger partial charge in [-0.1, -0.05) is 205 Å². The molecule has 0 spiro atoms. The van der Waals surface area contributed by atoms with E-state index in [4.69, 9.17) is 0 Å². The van der Waals surface area contributed by atoms with Crippen molar-refractivity contribution in [3.8, 4) is 94.0 Å². The fourth-order valence-corrected chi connectivity index (χ4v) is 18.3. The molecule has 0 aliphatic heterocycles. The monoisotopic (exact) mass is 885 g/mol. The first-order chi connectivity index (χ1) is 29.5. The molecule has 0 N–H and O–H groups in total. The molecule has 0 saturated heterocycles. The van der Waals surface area contributed by atoms with E-state index in [2.05, 4.69) is 232 Å². The van der Waals surface area contributed by atoms with Crippen molar-refractivity contribution in [3.63, 3.8) is 0 Å².